The molecule has 1 N–H and O–H groups in total. The van der Waals surface area contributed by atoms with Gasteiger partial charge in [-0.25, -0.2) is 13.9 Å². The van der Waals surface area contributed by atoms with Crippen LogP contribution in [0.3, 0.4) is 0 Å². The first-order valence-electron chi connectivity index (χ1n) is 9.00. The van der Waals surface area contributed by atoms with Crippen LogP contribution in [0.1, 0.15) is 6.92 Å². The van der Waals surface area contributed by atoms with E-state index in [0.717, 1.165) is 11.3 Å². The monoisotopic (exact) mass is 431 g/mol. The summed E-state index contributed by atoms with van der Waals surface area (Å²) in [5.74, 6) is -0.740. The Kier molecular flexibility index (Phi) is 6.31. The molecule has 1 fully saturated rings. The molecule has 2 aromatic heterocycles. The van der Waals surface area contributed by atoms with Gasteiger partial charge in [0.05, 0.1) is 30.7 Å². The van der Waals surface area contributed by atoms with Gasteiger partial charge < -0.3 is 10.1 Å². The van der Waals surface area contributed by atoms with Crippen LogP contribution >= 0.6 is 12.4 Å². The van der Waals surface area contributed by atoms with Gasteiger partial charge in [0.25, 0.3) is 0 Å². The summed E-state index contributed by atoms with van der Waals surface area (Å²) in [7, 11) is 0. The SMILES string of the molecule is CC(=O)NC[C@H]1CN(c2ccc(-n3cc(-c4ccccn4)cn3)c(F)c2)C(=O)O1.Cl. The largest absolute Gasteiger partial charge is 0.442 e. The summed E-state index contributed by atoms with van der Waals surface area (Å²) in [5.41, 5.74) is 2.12. The van der Waals surface area contributed by atoms with E-state index in [9.17, 15) is 14.0 Å². The number of nitrogens with zero attached hydrogens (tertiary/aromatic N) is 4. The van der Waals surface area contributed by atoms with E-state index in [4.69, 9.17) is 4.74 Å². The van der Waals surface area contributed by atoms with Crippen LogP contribution in [0.15, 0.2) is 55.0 Å². The first-order chi connectivity index (χ1) is 14.0. The minimum Gasteiger partial charge on any atom is -0.442 e. The number of nitrogens with one attached hydrogen (secondary N) is 1. The lowest BCUT2D eigenvalue weighted by Crippen LogP contribution is -2.33. The van der Waals surface area contributed by atoms with Crippen molar-refractivity contribution in [1.29, 1.82) is 0 Å². The van der Waals surface area contributed by atoms with Crippen molar-refractivity contribution in [3.8, 4) is 16.9 Å². The highest BCUT2D eigenvalue weighted by atomic mass is 35.5. The smallest absolute Gasteiger partial charge is 0.414 e. The third kappa shape index (κ3) is 4.41. The second kappa shape index (κ2) is 8.91. The number of benzene rings is 1. The van der Waals surface area contributed by atoms with Crippen molar-refractivity contribution in [1.82, 2.24) is 20.1 Å². The van der Waals surface area contributed by atoms with Gasteiger partial charge in [-0.3, -0.25) is 14.7 Å². The number of hydrogen-bond acceptors (Lipinski definition) is 5. The highest BCUT2D eigenvalue weighted by molar-refractivity contribution is 5.90. The number of anilines is 1. The number of amides is 2. The average Bonchev–Trinajstić information content (AvgIpc) is 3.34. The van der Waals surface area contributed by atoms with Crippen molar-refractivity contribution in [2.45, 2.75) is 13.0 Å². The zero-order chi connectivity index (χ0) is 20.4. The fraction of sp³-hybridized carbons (Fsp3) is 0.200. The summed E-state index contributed by atoms with van der Waals surface area (Å²) in [6, 6.07) is 9.97. The maximum Gasteiger partial charge on any atom is 0.414 e. The Labute approximate surface area is 178 Å². The normalized spacial score (nSPS) is 15.5. The van der Waals surface area contributed by atoms with Gasteiger partial charge in [0.1, 0.15) is 11.8 Å². The number of hydrogen-bond donors (Lipinski definition) is 1. The summed E-state index contributed by atoms with van der Waals surface area (Å²) in [6.45, 7) is 1.82. The molecule has 1 saturated heterocycles. The second-order valence-corrected chi connectivity index (χ2v) is 6.58. The van der Waals surface area contributed by atoms with Crippen molar-refractivity contribution in [2.24, 2.45) is 0 Å². The molecule has 1 aromatic carbocycles. The lowest BCUT2D eigenvalue weighted by atomic mass is 10.2. The predicted octanol–water partition coefficient (Wildman–Crippen LogP) is 2.96. The molecule has 0 bridgehead atoms. The number of carbonyl (C=O) groups is 2. The molecule has 1 aliphatic rings. The first-order valence-corrected chi connectivity index (χ1v) is 9.00. The van der Waals surface area contributed by atoms with E-state index in [1.807, 2.05) is 18.2 Å². The molecule has 0 aliphatic carbocycles. The van der Waals surface area contributed by atoms with Crippen molar-refractivity contribution in [3.05, 3.63) is 60.8 Å². The topological polar surface area (TPSA) is 89.4 Å². The van der Waals surface area contributed by atoms with Crippen molar-refractivity contribution >= 4 is 30.1 Å². The van der Waals surface area contributed by atoms with Crippen LogP contribution in [0.4, 0.5) is 14.9 Å². The fourth-order valence-electron chi connectivity index (χ4n) is 3.07. The molecule has 3 heterocycles. The van der Waals surface area contributed by atoms with Gasteiger partial charge in [-0.1, -0.05) is 6.07 Å². The maximum atomic E-state index is 14.8. The molecule has 10 heteroatoms. The molecule has 0 spiro atoms. The summed E-state index contributed by atoms with van der Waals surface area (Å²) >= 11 is 0. The molecule has 0 unspecified atom stereocenters. The third-order valence-electron chi connectivity index (χ3n) is 4.49. The minimum atomic E-state index is -0.580. The number of ether oxygens (including phenoxy) is 1. The van der Waals surface area contributed by atoms with E-state index in [1.54, 1.807) is 30.7 Å². The Morgan fingerprint density at radius 3 is 2.87 bits per heavy atom. The molecule has 1 atom stereocenters. The molecule has 156 valence electrons. The van der Waals surface area contributed by atoms with Crippen LogP contribution in [0.25, 0.3) is 16.9 Å². The lowest BCUT2D eigenvalue weighted by molar-refractivity contribution is -0.119. The Morgan fingerprint density at radius 1 is 1.33 bits per heavy atom. The van der Waals surface area contributed by atoms with Gasteiger partial charge in [-0.2, -0.15) is 5.10 Å². The molecule has 8 nitrogen and oxygen atoms in total. The number of pyridine rings is 1. The van der Waals surface area contributed by atoms with Gasteiger partial charge in [0, 0.05) is 24.9 Å². The van der Waals surface area contributed by atoms with Crippen LogP contribution in [0.2, 0.25) is 0 Å². The van der Waals surface area contributed by atoms with Gasteiger partial charge in [-0.05, 0) is 30.3 Å². The zero-order valence-electron chi connectivity index (χ0n) is 16.0. The summed E-state index contributed by atoms with van der Waals surface area (Å²) in [6.07, 6.45) is 3.91. The van der Waals surface area contributed by atoms with E-state index in [-0.39, 0.29) is 37.1 Å². The molecule has 0 saturated carbocycles. The quantitative estimate of drug-likeness (QED) is 0.670. The van der Waals surface area contributed by atoms with E-state index in [0.29, 0.717) is 5.69 Å². The van der Waals surface area contributed by atoms with Crippen molar-refractivity contribution in [3.63, 3.8) is 0 Å². The zero-order valence-corrected chi connectivity index (χ0v) is 16.8. The minimum absolute atomic E-state index is 0. The standard InChI is InChI=1S/C20H18FN5O3.ClH/c1-13(27)23-10-16-12-25(20(28)29-16)15-5-6-19(17(21)8-15)26-11-14(9-24-26)18-4-2-3-7-22-18;/h2-9,11,16H,10,12H2,1H3,(H,23,27);1H/t16-;/m0./s1. The van der Waals surface area contributed by atoms with Crippen LogP contribution in [-0.4, -0.2) is 46.0 Å². The van der Waals surface area contributed by atoms with Crippen molar-refractivity contribution < 1.29 is 18.7 Å². The second-order valence-electron chi connectivity index (χ2n) is 6.58. The van der Waals surface area contributed by atoms with E-state index < -0.39 is 18.0 Å². The summed E-state index contributed by atoms with van der Waals surface area (Å²) in [5, 5.41) is 6.81. The van der Waals surface area contributed by atoms with Crippen LogP contribution in [0.5, 0.6) is 0 Å². The molecule has 4 rings (SSSR count). The maximum absolute atomic E-state index is 14.8. The van der Waals surface area contributed by atoms with Crippen LogP contribution in [-0.2, 0) is 9.53 Å². The van der Waals surface area contributed by atoms with E-state index in [1.165, 1.54) is 22.6 Å². The molecule has 1 aliphatic heterocycles. The molecular formula is C20H19ClFN5O3. The highest BCUT2D eigenvalue weighted by Crippen LogP contribution is 2.26. The Morgan fingerprint density at radius 2 is 2.17 bits per heavy atom. The van der Waals surface area contributed by atoms with Crippen molar-refractivity contribution in [2.75, 3.05) is 18.0 Å². The first kappa shape index (κ1) is 21.3. The van der Waals surface area contributed by atoms with Gasteiger partial charge in [-0.15, -0.1) is 12.4 Å². The fourth-order valence-corrected chi connectivity index (χ4v) is 3.07. The summed E-state index contributed by atoms with van der Waals surface area (Å²) < 4.78 is 21.4. The average molecular weight is 432 g/mol. The number of cyclic esters (lactones) is 1. The van der Waals surface area contributed by atoms with Gasteiger partial charge in [0.15, 0.2) is 5.82 Å². The number of halogens is 2. The van der Waals surface area contributed by atoms with E-state index in [2.05, 4.69) is 15.4 Å². The van der Waals surface area contributed by atoms with Crippen LogP contribution < -0.4 is 10.2 Å². The Hall–Kier alpha value is -3.46. The van der Waals surface area contributed by atoms with Crippen LogP contribution in [0, 0.1) is 5.82 Å². The molecule has 0 radical (unpaired) electrons. The molecule has 30 heavy (non-hydrogen) atoms. The number of rotatable bonds is 5. The molecule has 3 aromatic rings. The van der Waals surface area contributed by atoms with E-state index >= 15 is 0 Å². The number of carbonyl (C=O) groups excluding carboxylic acids is 2. The lowest BCUT2D eigenvalue weighted by Gasteiger charge is -2.14. The number of aromatic nitrogens is 3. The molecule has 2 amide bonds. The highest BCUT2D eigenvalue weighted by Gasteiger charge is 2.32. The Balaban J connectivity index is 0.00000256. The predicted molar refractivity (Wildman–Crippen MR) is 110 cm³/mol. The van der Waals surface area contributed by atoms with Gasteiger partial charge in [0.2, 0.25) is 5.91 Å². The molecular weight excluding hydrogens is 413 g/mol. The third-order valence-corrected chi connectivity index (χ3v) is 4.49. The van der Waals surface area contributed by atoms with Gasteiger partial charge >= 0.3 is 6.09 Å². The Bertz CT molecular complexity index is 1060. The summed E-state index contributed by atoms with van der Waals surface area (Å²) in [4.78, 5) is 28.7.